The number of likely N-dealkylation sites (tertiary alicyclic amines) is 1. The number of nitrogens with two attached hydrogens (primary N) is 1. The van der Waals surface area contributed by atoms with E-state index in [1.807, 2.05) is 4.90 Å². The van der Waals surface area contributed by atoms with Gasteiger partial charge in [-0.2, -0.15) is 0 Å². The summed E-state index contributed by atoms with van der Waals surface area (Å²) in [5, 5.41) is 2.86. The highest BCUT2D eigenvalue weighted by Crippen LogP contribution is 2.19. The molecule has 104 valence electrons. The molecule has 0 aliphatic carbocycles. The normalized spacial score (nSPS) is 17.4. The molecule has 6 heteroatoms. The molecular formula is C13H17ClFN3O. The molecule has 1 saturated heterocycles. The van der Waals surface area contributed by atoms with E-state index in [9.17, 15) is 9.18 Å². The van der Waals surface area contributed by atoms with Crippen molar-refractivity contribution in [1.82, 2.24) is 4.90 Å². The zero-order valence-electron chi connectivity index (χ0n) is 10.5. The second kappa shape index (κ2) is 6.32. The summed E-state index contributed by atoms with van der Waals surface area (Å²) in [6.45, 7) is 1.87. The van der Waals surface area contributed by atoms with Crippen molar-refractivity contribution in [1.29, 1.82) is 0 Å². The van der Waals surface area contributed by atoms with Crippen molar-refractivity contribution < 1.29 is 9.18 Å². The molecule has 0 unspecified atom stereocenters. The lowest BCUT2D eigenvalue weighted by molar-refractivity contribution is -0.117. The Kier molecular flexibility index (Phi) is 4.74. The van der Waals surface area contributed by atoms with Crippen LogP contribution in [0.15, 0.2) is 18.2 Å². The van der Waals surface area contributed by atoms with Crippen molar-refractivity contribution in [3.05, 3.63) is 29.0 Å². The van der Waals surface area contributed by atoms with Crippen LogP contribution in [0.1, 0.15) is 12.8 Å². The molecule has 1 aliphatic rings. The molecule has 1 aromatic rings. The van der Waals surface area contributed by atoms with Crippen LogP contribution in [-0.4, -0.2) is 36.5 Å². The average Bonchev–Trinajstić information content (AvgIpc) is 2.36. The van der Waals surface area contributed by atoms with Gasteiger partial charge in [-0.1, -0.05) is 11.6 Å². The van der Waals surface area contributed by atoms with E-state index in [-0.39, 0.29) is 24.2 Å². The summed E-state index contributed by atoms with van der Waals surface area (Å²) in [5.74, 6) is -0.752. The molecule has 0 bridgehead atoms. The average molecular weight is 286 g/mol. The van der Waals surface area contributed by atoms with Crippen LogP contribution in [0.3, 0.4) is 0 Å². The number of piperidine rings is 1. The Morgan fingerprint density at radius 1 is 1.47 bits per heavy atom. The highest BCUT2D eigenvalue weighted by molar-refractivity contribution is 6.30. The second-order valence-corrected chi connectivity index (χ2v) is 5.22. The fraction of sp³-hybridized carbons (Fsp3) is 0.462. The Hall–Kier alpha value is -1.17. The van der Waals surface area contributed by atoms with Crippen molar-refractivity contribution in [3.63, 3.8) is 0 Å². The lowest BCUT2D eigenvalue weighted by Crippen LogP contribution is -2.43. The van der Waals surface area contributed by atoms with Gasteiger partial charge in [0.25, 0.3) is 0 Å². The Morgan fingerprint density at radius 3 is 2.79 bits per heavy atom. The third-order valence-electron chi connectivity index (χ3n) is 3.20. The van der Waals surface area contributed by atoms with Gasteiger partial charge in [0, 0.05) is 24.2 Å². The molecule has 0 spiro atoms. The number of halogens is 2. The number of hydrogen-bond acceptors (Lipinski definition) is 3. The number of rotatable bonds is 3. The van der Waals surface area contributed by atoms with Gasteiger partial charge >= 0.3 is 0 Å². The largest absolute Gasteiger partial charge is 0.328 e. The number of nitrogens with zero attached hydrogens (tertiary/aromatic N) is 1. The molecular weight excluding hydrogens is 269 g/mol. The highest BCUT2D eigenvalue weighted by Gasteiger charge is 2.18. The van der Waals surface area contributed by atoms with Gasteiger partial charge in [0.2, 0.25) is 5.91 Å². The van der Waals surface area contributed by atoms with Gasteiger partial charge in [0.15, 0.2) is 0 Å². The predicted octanol–water partition coefficient (Wildman–Crippen LogP) is 1.84. The topological polar surface area (TPSA) is 58.4 Å². The molecule has 0 radical (unpaired) electrons. The molecule has 1 amide bonds. The summed E-state index contributed by atoms with van der Waals surface area (Å²) in [6.07, 6.45) is 1.78. The summed E-state index contributed by atoms with van der Waals surface area (Å²) in [7, 11) is 0. The highest BCUT2D eigenvalue weighted by atomic mass is 35.5. The molecule has 2 rings (SSSR count). The first-order valence-corrected chi connectivity index (χ1v) is 6.65. The SMILES string of the molecule is NC1CCN(CC(=O)Nc2ccc(Cl)cc2F)CC1. The number of hydrogen-bond donors (Lipinski definition) is 2. The van der Waals surface area contributed by atoms with E-state index in [1.165, 1.54) is 12.1 Å². The van der Waals surface area contributed by atoms with Crippen LogP contribution >= 0.6 is 11.6 Å². The summed E-state index contributed by atoms with van der Waals surface area (Å²) in [5.41, 5.74) is 5.95. The maximum absolute atomic E-state index is 13.5. The van der Waals surface area contributed by atoms with E-state index in [2.05, 4.69) is 5.32 Å². The molecule has 1 aliphatic heterocycles. The summed E-state index contributed by atoms with van der Waals surface area (Å²) < 4.78 is 13.5. The van der Waals surface area contributed by atoms with Crippen LogP contribution in [0.25, 0.3) is 0 Å². The zero-order valence-corrected chi connectivity index (χ0v) is 11.3. The molecule has 0 aromatic heterocycles. The minimum Gasteiger partial charge on any atom is -0.328 e. The fourth-order valence-electron chi connectivity index (χ4n) is 2.09. The van der Waals surface area contributed by atoms with Crippen LogP contribution < -0.4 is 11.1 Å². The maximum Gasteiger partial charge on any atom is 0.238 e. The molecule has 3 N–H and O–H groups in total. The van der Waals surface area contributed by atoms with E-state index in [1.54, 1.807) is 6.07 Å². The summed E-state index contributed by atoms with van der Waals surface area (Å²) >= 11 is 5.65. The van der Waals surface area contributed by atoms with Gasteiger partial charge in [-0.05, 0) is 31.0 Å². The number of carbonyl (C=O) groups is 1. The smallest absolute Gasteiger partial charge is 0.238 e. The fourth-order valence-corrected chi connectivity index (χ4v) is 2.25. The molecule has 19 heavy (non-hydrogen) atoms. The number of carbonyl (C=O) groups excluding carboxylic acids is 1. The molecule has 1 fully saturated rings. The van der Waals surface area contributed by atoms with Gasteiger partial charge in [-0.25, -0.2) is 4.39 Å². The zero-order chi connectivity index (χ0) is 13.8. The number of benzene rings is 1. The monoisotopic (exact) mass is 285 g/mol. The Balaban J connectivity index is 1.87. The first-order chi connectivity index (χ1) is 9.04. The van der Waals surface area contributed by atoms with Crippen LogP contribution in [-0.2, 0) is 4.79 Å². The van der Waals surface area contributed by atoms with Crippen LogP contribution in [0.2, 0.25) is 5.02 Å². The van der Waals surface area contributed by atoms with Crippen LogP contribution in [0, 0.1) is 5.82 Å². The lowest BCUT2D eigenvalue weighted by Gasteiger charge is -2.29. The molecule has 4 nitrogen and oxygen atoms in total. The van der Waals surface area contributed by atoms with Crippen molar-refractivity contribution in [2.24, 2.45) is 5.73 Å². The van der Waals surface area contributed by atoms with Crippen molar-refractivity contribution in [3.8, 4) is 0 Å². The van der Waals surface area contributed by atoms with Crippen molar-refractivity contribution in [2.45, 2.75) is 18.9 Å². The van der Waals surface area contributed by atoms with Crippen molar-refractivity contribution in [2.75, 3.05) is 25.0 Å². The molecule has 1 aromatic carbocycles. The molecule has 0 saturated carbocycles. The van der Waals surface area contributed by atoms with E-state index in [4.69, 9.17) is 17.3 Å². The molecule has 1 heterocycles. The third kappa shape index (κ3) is 4.16. The quantitative estimate of drug-likeness (QED) is 0.891. The minimum absolute atomic E-state index is 0.156. The minimum atomic E-state index is -0.526. The van der Waals surface area contributed by atoms with Gasteiger partial charge in [0.1, 0.15) is 5.82 Å². The van der Waals surface area contributed by atoms with Crippen LogP contribution in [0.4, 0.5) is 10.1 Å². The summed E-state index contributed by atoms with van der Waals surface area (Å²) in [4.78, 5) is 13.8. The first kappa shape index (κ1) is 14.2. The van der Waals surface area contributed by atoms with Crippen LogP contribution in [0.5, 0.6) is 0 Å². The van der Waals surface area contributed by atoms with Gasteiger partial charge in [-0.15, -0.1) is 0 Å². The Morgan fingerprint density at radius 2 is 2.16 bits per heavy atom. The second-order valence-electron chi connectivity index (χ2n) is 4.79. The van der Waals surface area contributed by atoms with Gasteiger partial charge in [-0.3, -0.25) is 9.69 Å². The van der Waals surface area contributed by atoms with Crippen molar-refractivity contribution >= 4 is 23.2 Å². The maximum atomic E-state index is 13.5. The van der Waals surface area contributed by atoms with E-state index >= 15 is 0 Å². The number of nitrogens with one attached hydrogen (secondary N) is 1. The lowest BCUT2D eigenvalue weighted by atomic mass is 10.1. The standard InChI is InChI=1S/C13H17ClFN3O/c14-9-1-2-12(11(15)7-9)17-13(19)8-18-5-3-10(16)4-6-18/h1-2,7,10H,3-6,8,16H2,(H,17,19). The first-order valence-electron chi connectivity index (χ1n) is 6.27. The Labute approximate surface area is 116 Å². The number of amides is 1. The van der Waals surface area contributed by atoms with E-state index in [0.717, 1.165) is 25.9 Å². The molecule has 0 atom stereocenters. The van der Waals surface area contributed by atoms with E-state index in [0.29, 0.717) is 5.02 Å². The van der Waals surface area contributed by atoms with E-state index < -0.39 is 5.82 Å². The predicted molar refractivity (Wildman–Crippen MR) is 73.7 cm³/mol. The van der Waals surface area contributed by atoms with Gasteiger partial charge in [0.05, 0.1) is 12.2 Å². The summed E-state index contributed by atoms with van der Waals surface area (Å²) in [6, 6.07) is 4.41. The van der Waals surface area contributed by atoms with Gasteiger partial charge < -0.3 is 11.1 Å². The number of anilines is 1. The Bertz CT molecular complexity index is 461. The third-order valence-corrected chi connectivity index (χ3v) is 3.44.